The third-order valence-corrected chi connectivity index (χ3v) is 7.90. The molecular weight excluding hydrogens is 593 g/mol. The van der Waals surface area contributed by atoms with Gasteiger partial charge in [0.25, 0.3) is 11.8 Å². The zero-order valence-corrected chi connectivity index (χ0v) is 25.9. The summed E-state index contributed by atoms with van der Waals surface area (Å²) in [4.78, 5) is 37.4. The van der Waals surface area contributed by atoms with Gasteiger partial charge in [-0.25, -0.2) is 4.98 Å². The van der Waals surface area contributed by atoms with Crippen LogP contribution in [0.3, 0.4) is 0 Å². The number of pyridine rings is 1. The third kappa shape index (κ3) is 7.58. The van der Waals surface area contributed by atoms with E-state index < -0.39 is 23.6 Å². The highest BCUT2D eigenvalue weighted by Gasteiger charge is 2.34. The molecule has 0 spiro atoms. The number of nitrogens with zero attached hydrogens (tertiary/aromatic N) is 3. The zero-order valence-electron chi connectivity index (χ0n) is 25.1. The largest absolute Gasteiger partial charge is 0.416 e. The van der Waals surface area contributed by atoms with Crippen molar-refractivity contribution >= 4 is 45.8 Å². The van der Waals surface area contributed by atoms with Crippen LogP contribution in [-0.4, -0.2) is 64.3 Å². The van der Waals surface area contributed by atoms with Crippen LogP contribution in [0, 0.1) is 6.92 Å². The van der Waals surface area contributed by atoms with E-state index in [2.05, 4.69) is 32.4 Å². The molecule has 1 saturated heterocycles. The smallest absolute Gasteiger partial charge is 0.346 e. The molecule has 1 aliphatic heterocycles. The molecule has 8 nitrogen and oxygen atoms in total. The number of anilines is 2. The molecule has 2 aromatic heterocycles. The summed E-state index contributed by atoms with van der Waals surface area (Å²) in [5, 5.41) is 6.27. The van der Waals surface area contributed by atoms with Gasteiger partial charge in [0.15, 0.2) is 0 Å². The second-order valence-electron chi connectivity index (χ2n) is 10.2. The van der Waals surface area contributed by atoms with Crippen molar-refractivity contribution in [1.82, 2.24) is 19.8 Å². The van der Waals surface area contributed by atoms with E-state index in [-0.39, 0.29) is 28.3 Å². The van der Waals surface area contributed by atoms with Gasteiger partial charge < -0.3 is 20.5 Å². The van der Waals surface area contributed by atoms with Gasteiger partial charge in [-0.15, -0.1) is 0 Å². The maximum absolute atomic E-state index is 14.0. The summed E-state index contributed by atoms with van der Waals surface area (Å²) in [6.45, 7) is 11.9. The first kappa shape index (κ1) is 33.0. The highest BCUT2D eigenvalue weighted by molar-refractivity contribution is 6.38. The molecule has 2 aromatic carbocycles. The fourth-order valence-corrected chi connectivity index (χ4v) is 5.27. The molecule has 0 atom stereocenters. The van der Waals surface area contributed by atoms with Crippen molar-refractivity contribution in [1.29, 1.82) is 0 Å². The SMILES string of the molecule is CC.CCN1CCN(Cc2ccc(C(=O)Nc3ccc(C)c(NC(=O)c4cnc5[nH]ccc5c4Cl)c3)cc2C(F)(F)F)CC1. The summed E-state index contributed by atoms with van der Waals surface area (Å²) in [6, 6.07) is 10.2. The number of rotatable bonds is 7. The third-order valence-electron chi connectivity index (χ3n) is 7.49. The first-order chi connectivity index (χ1) is 21.0. The molecule has 3 heterocycles. The van der Waals surface area contributed by atoms with Crippen molar-refractivity contribution in [2.45, 2.75) is 40.4 Å². The molecule has 0 radical (unpaired) electrons. The number of hydrogen-bond donors (Lipinski definition) is 3. The monoisotopic (exact) mass is 628 g/mol. The number of amides is 2. The number of carbonyl (C=O) groups is 2. The van der Waals surface area contributed by atoms with E-state index in [1.165, 1.54) is 24.4 Å². The van der Waals surface area contributed by atoms with Crippen LogP contribution in [0.15, 0.2) is 54.9 Å². The Bertz CT molecular complexity index is 1630. The molecule has 0 saturated carbocycles. The molecule has 1 fully saturated rings. The van der Waals surface area contributed by atoms with Crippen LogP contribution in [0.1, 0.15) is 58.2 Å². The van der Waals surface area contributed by atoms with Gasteiger partial charge in [0.2, 0.25) is 0 Å². The van der Waals surface area contributed by atoms with E-state index >= 15 is 0 Å². The topological polar surface area (TPSA) is 93.4 Å². The lowest BCUT2D eigenvalue weighted by molar-refractivity contribution is -0.138. The van der Waals surface area contributed by atoms with Gasteiger partial charge >= 0.3 is 6.18 Å². The average Bonchev–Trinajstić information content (AvgIpc) is 3.50. The number of piperazine rings is 1. The molecule has 12 heteroatoms. The molecule has 3 N–H and O–H groups in total. The minimum atomic E-state index is -4.61. The number of carbonyl (C=O) groups excluding carboxylic acids is 2. The summed E-state index contributed by atoms with van der Waals surface area (Å²) in [5.41, 5.74) is 1.32. The van der Waals surface area contributed by atoms with Crippen LogP contribution in [0.4, 0.5) is 24.5 Å². The number of H-pyrrole nitrogens is 1. The Hall–Kier alpha value is -3.93. The number of likely N-dealkylation sites (N-methyl/N-ethyl adjacent to an activating group) is 1. The molecule has 4 aromatic rings. The Morgan fingerprint density at radius 1 is 0.977 bits per heavy atom. The quantitative estimate of drug-likeness (QED) is 0.201. The molecule has 0 bridgehead atoms. The van der Waals surface area contributed by atoms with Crippen molar-refractivity contribution in [2.75, 3.05) is 43.4 Å². The number of benzene rings is 2. The van der Waals surface area contributed by atoms with Crippen molar-refractivity contribution in [2.24, 2.45) is 0 Å². The predicted molar refractivity (Wildman–Crippen MR) is 168 cm³/mol. The van der Waals surface area contributed by atoms with E-state index in [4.69, 9.17) is 11.6 Å². The van der Waals surface area contributed by atoms with Gasteiger partial charge in [0, 0.05) is 67.4 Å². The summed E-state index contributed by atoms with van der Waals surface area (Å²) < 4.78 is 42.1. The number of hydrogen-bond acceptors (Lipinski definition) is 5. The second-order valence-corrected chi connectivity index (χ2v) is 10.6. The maximum atomic E-state index is 14.0. The molecule has 0 unspecified atom stereocenters. The summed E-state index contributed by atoms with van der Waals surface area (Å²) in [7, 11) is 0. The van der Waals surface area contributed by atoms with E-state index in [0.29, 0.717) is 41.1 Å². The summed E-state index contributed by atoms with van der Waals surface area (Å²) in [5.74, 6) is -1.20. The van der Waals surface area contributed by atoms with Crippen LogP contribution in [-0.2, 0) is 12.7 Å². The van der Waals surface area contributed by atoms with Crippen molar-refractivity contribution < 1.29 is 22.8 Å². The number of halogens is 4. The minimum Gasteiger partial charge on any atom is -0.346 e. The van der Waals surface area contributed by atoms with Gasteiger partial charge in [0.1, 0.15) is 5.65 Å². The maximum Gasteiger partial charge on any atom is 0.416 e. The number of nitrogens with one attached hydrogen (secondary N) is 3. The molecule has 44 heavy (non-hydrogen) atoms. The van der Waals surface area contributed by atoms with E-state index in [1.54, 1.807) is 31.3 Å². The lowest BCUT2D eigenvalue weighted by Crippen LogP contribution is -2.45. The van der Waals surface area contributed by atoms with Crippen molar-refractivity contribution in [3.05, 3.63) is 87.7 Å². The second kappa shape index (κ2) is 14.2. The van der Waals surface area contributed by atoms with Crippen LogP contribution >= 0.6 is 11.6 Å². The standard InChI is InChI=1S/C30H30ClF3N6O2.C2H6/c1-3-39-10-12-40(13-11-39)17-20-6-5-19(14-24(20)30(32,33)34)28(41)37-21-7-4-18(2)25(15-21)38-29(42)23-16-36-27-22(26(23)31)8-9-35-27;1-2/h4-9,14-16H,3,10-13,17H2,1-2H3,(H,35,36)(H,37,41)(H,38,42);1-2H3. The molecular formula is C32H36ClF3N6O2. The Morgan fingerprint density at radius 3 is 2.36 bits per heavy atom. The highest BCUT2D eigenvalue weighted by Crippen LogP contribution is 2.34. The average molecular weight is 629 g/mol. The van der Waals surface area contributed by atoms with Crippen LogP contribution < -0.4 is 10.6 Å². The fraction of sp³-hybridized carbons (Fsp3) is 0.344. The fourth-order valence-electron chi connectivity index (χ4n) is 4.99. The zero-order chi connectivity index (χ0) is 32.0. The van der Waals surface area contributed by atoms with Crippen LogP contribution in [0.2, 0.25) is 5.02 Å². The van der Waals surface area contributed by atoms with E-state index in [1.807, 2.05) is 18.7 Å². The number of aromatic nitrogens is 2. The number of alkyl halides is 3. The van der Waals surface area contributed by atoms with Gasteiger partial charge in [-0.2, -0.15) is 13.2 Å². The predicted octanol–water partition coefficient (Wildman–Crippen LogP) is 7.21. The molecule has 0 aliphatic carbocycles. The molecule has 1 aliphatic rings. The number of aromatic amines is 1. The first-order valence-electron chi connectivity index (χ1n) is 14.5. The number of fused-ring (bicyclic) bond motifs is 1. The Labute approximate surface area is 259 Å². The lowest BCUT2D eigenvalue weighted by Gasteiger charge is -2.34. The van der Waals surface area contributed by atoms with Crippen LogP contribution in [0.5, 0.6) is 0 Å². The normalized spacial score (nSPS) is 14.2. The van der Waals surface area contributed by atoms with Crippen molar-refractivity contribution in [3.63, 3.8) is 0 Å². The Balaban J connectivity index is 0.00000216. The van der Waals surface area contributed by atoms with Gasteiger partial charge in [-0.1, -0.05) is 44.5 Å². The van der Waals surface area contributed by atoms with Crippen LogP contribution in [0.25, 0.3) is 11.0 Å². The summed E-state index contributed by atoms with van der Waals surface area (Å²) in [6.07, 6.45) is -1.58. The first-order valence-corrected chi connectivity index (χ1v) is 14.9. The highest BCUT2D eigenvalue weighted by atomic mass is 35.5. The van der Waals surface area contributed by atoms with E-state index in [9.17, 15) is 22.8 Å². The lowest BCUT2D eigenvalue weighted by atomic mass is 10.0. The van der Waals surface area contributed by atoms with Gasteiger partial charge in [-0.05, 0) is 54.9 Å². The Kier molecular flexibility index (Phi) is 10.7. The van der Waals surface area contributed by atoms with E-state index in [0.717, 1.165) is 25.7 Å². The Morgan fingerprint density at radius 2 is 1.68 bits per heavy atom. The minimum absolute atomic E-state index is 0.120. The number of aryl methyl sites for hydroxylation is 1. The molecule has 234 valence electrons. The molecule has 5 rings (SSSR count). The molecule has 2 amide bonds. The van der Waals surface area contributed by atoms with Gasteiger partial charge in [-0.3, -0.25) is 14.5 Å². The van der Waals surface area contributed by atoms with Gasteiger partial charge in [0.05, 0.1) is 16.1 Å². The summed E-state index contributed by atoms with van der Waals surface area (Å²) >= 11 is 6.41. The van der Waals surface area contributed by atoms with Crippen molar-refractivity contribution in [3.8, 4) is 0 Å².